The minimum Gasteiger partial charge on any atom is -0.393 e. The van der Waals surface area contributed by atoms with Crippen LogP contribution in [-0.4, -0.2) is 11.2 Å². The molecular weight excluding hydrogens is 208 g/mol. The van der Waals surface area contributed by atoms with Crippen molar-refractivity contribution in [1.82, 2.24) is 0 Å². The van der Waals surface area contributed by atoms with Crippen molar-refractivity contribution in [2.24, 2.45) is 16.7 Å². The minimum atomic E-state index is -0.0808. The average molecular weight is 240 g/mol. The molecule has 3 unspecified atom stereocenters. The van der Waals surface area contributed by atoms with Gasteiger partial charge in [-0.25, -0.2) is 0 Å². The molecule has 0 amide bonds. The summed E-state index contributed by atoms with van der Waals surface area (Å²) in [6.45, 7) is 11.9. The van der Waals surface area contributed by atoms with Crippen LogP contribution < -0.4 is 0 Å². The van der Waals surface area contributed by atoms with Gasteiger partial charge in [-0.05, 0) is 42.4 Å². The molecule has 0 aliphatic heterocycles. The van der Waals surface area contributed by atoms with Gasteiger partial charge in [-0.15, -0.1) is 0 Å². The standard InChI is InChI=1S/C16H32O/c1-6-14(17)10-8-12-16(5)11-7-9-13(2)15(16,3)4/h13-14,17H,6-12H2,1-5H3. The van der Waals surface area contributed by atoms with Crippen molar-refractivity contribution < 1.29 is 5.11 Å². The van der Waals surface area contributed by atoms with E-state index in [9.17, 15) is 5.11 Å². The lowest BCUT2D eigenvalue weighted by Crippen LogP contribution is -2.43. The van der Waals surface area contributed by atoms with E-state index in [-0.39, 0.29) is 6.10 Å². The maximum atomic E-state index is 9.65. The first kappa shape index (κ1) is 15.0. The van der Waals surface area contributed by atoms with E-state index in [1.54, 1.807) is 0 Å². The zero-order valence-corrected chi connectivity index (χ0v) is 12.6. The highest BCUT2D eigenvalue weighted by Crippen LogP contribution is 2.55. The van der Waals surface area contributed by atoms with Gasteiger partial charge in [0.2, 0.25) is 0 Å². The molecule has 1 fully saturated rings. The summed E-state index contributed by atoms with van der Waals surface area (Å²) in [5.41, 5.74) is 0.917. The fraction of sp³-hybridized carbons (Fsp3) is 1.00. The van der Waals surface area contributed by atoms with Gasteiger partial charge in [0.25, 0.3) is 0 Å². The van der Waals surface area contributed by atoms with Gasteiger partial charge in [0.05, 0.1) is 6.10 Å². The quantitative estimate of drug-likeness (QED) is 0.733. The fourth-order valence-corrected chi connectivity index (χ4v) is 3.46. The minimum absolute atomic E-state index is 0.0808. The fourth-order valence-electron chi connectivity index (χ4n) is 3.46. The largest absolute Gasteiger partial charge is 0.393 e. The molecule has 1 heteroatoms. The van der Waals surface area contributed by atoms with Crippen molar-refractivity contribution in [2.75, 3.05) is 0 Å². The molecule has 1 aliphatic rings. The van der Waals surface area contributed by atoms with E-state index in [1.165, 1.54) is 32.1 Å². The van der Waals surface area contributed by atoms with Crippen molar-refractivity contribution in [1.29, 1.82) is 0 Å². The van der Waals surface area contributed by atoms with E-state index in [0.717, 1.165) is 18.8 Å². The SMILES string of the molecule is CCC(O)CCCC1(C)CCCC(C)C1(C)C. The van der Waals surface area contributed by atoms with Crippen LogP contribution in [0.1, 0.15) is 79.6 Å². The Morgan fingerprint density at radius 1 is 1.29 bits per heavy atom. The highest BCUT2D eigenvalue weighted by atomic mass is 16.3. The van der Waals surface area contributed by atoms with Gasteiger partial charge in [-0.3, -0.25) is 0 Å². The average Bonchev–Trinajstić information content (AvgIpc) is 2.26. The molecule has 17 heavy (non-hydrogen) atoms. The van der Waals surface area contributed by atoms with Crippen LogP contribution in [0.5, 0.6) is 0 Å². The van der Waals surface area contributed by atoms with Crippen molar-refractivity contribution >= 4 is 0 Å². The number of hydrogen-bond donors (Lipinski definition) is 1. The molecule has 0 aromatic carbocycles. The molecule has 3 atom stereocenters. The summed E-state index contributed by atoms with van der Waals surface area (Å²) >= 11 is 0. The molecule has 1 rings (SSSR count). The molecule has 0 saturated heterocycles. The molecule has 0 aromatic rings. The second-order valence-electron chi connectivity index (χ2n) is 7.03. The Labute approximate surface area is 108 Å². The van der Waals surface area contributed by atoms with E-state index in [0.29, 0.717) is 10.8 Å². The van der Waals surface area contributed by atoms with Crippen LogP contribution in [0.2, 0.25) is 0 Å². The third-order valence-corrected chi connectivity index (χ3v) is 5.89. The van der Waals surface area contributed by atoms with E-state index < -0.39 is 0 Å². The van der Waals surface area contributed by atoms with Crippen molar-refractivity contribution in [3.8, 4) is 0 Å². The van der Waals surface area contributed by atoms with Crippen molar-refractivity contribution in [2.45, 2.75) is 85.7 Å². The van der Waals surface area contributed by atoms with Gasteiger partial charge in [0.15, 0.2) is 0 Å². The van der Waals surface area contributed by atoms with Gasteiger partial charge in [0, 0.05) is 0 Å². The summed E-state index contributed by atoms with van der Waals surface area (Å²) in [5.74, 6) is 0.831. The molecule has 0 heterocycles. The molecule has 0 spiro atoms. The number of rotatable bonds is 5. The van der Waals surface area contributed by atoms with Crippen LogP contribution in [0.3, 0.4) is 0 Å². The first-order valence-corrected chi connectivity index (χ1v) is 7.51. The number of hydrogen-bond acceptors (Lipinski definition) is 1. The predicted molar refractivity (Wildman–Crippen MR) is 75.1 cm³/mol. The van der Waals surface area contributed by atoms with Crippen LogP contribution in [-0.2, 0) is 0 Å². The second-order valence-corrected chi connectivity index (χ2v) is 7.03. The molecule has 1 aliphatic carbocycles. The summed E-state index contributed by atoms with van der Waals surface area (Å²) in [7, 11) is 0. The van der Waals surface area contributed by atoms with E-state index in [2.05, 4.69) is 34.6 Å². The molecule has 1 nitrogen and oxygen atoms in total. The maximum Gasteiger partial charge on any atom is 0.0537 e. The van der Waals surface area contributed by atoms with E-state index in [4.69, 9.17) is 0 Å². The summed E-state index contributed by atoms with van der Waals surface area (Å²) in [6, 6.07) is 0. The van der Waals surface area contributed by atoms with Gasteiger partial charge in [0.1, 0.15) is 0 Å². The Morgan fingerprint density at radius 3 is 2.53 bits per heavy atom. The zero-order chi connectivity index (χ0) is 13.1. The smallest absolute Gasteiger partial charge is 0.0537 e. The normalized spacial score (nSPS) is 34.6. The molecular formula is C16H32O. The van der Waals surface area contributed by atoms with E-state index >= 15 is 0 Å². The molecule has 1 saturated carbocycles. The van der Waals surface area contributed by atoms with Crippen molar-refractivity contribution in [3.05, 3.63) is 0 Å². The molecule has 0 aromatic heterocycles. The van der Waals surface area contributed by atoms with Gasteiger partial charge >= 0.3 is 0 Å². The van der Waals surface area contributed by atoms with Crippen molar-refractivity contribution in [3.63, 3.8) is 0 Å². The summed E-state index contributed by atoms with van der Waals surface area (Å²) in [6.07, 6.45) is 8.41. The Kier molecular flexibility index (Phi) is 5.07. The Hall–Kier alpha value is -0.0400. The summed E-state index contributed by atoms with van der Waals surface area (Å²) in [4.78, 5) is 0. The molecule has 0 radical (unpaired) electrons. The number of aliphatic hydroxyl groups is 1. The highest BCUT2D eigenvalue weighted by Gasteiger charge is 2.45. The predicted octanol–water partition coefficient (Wildman–Crippen LogP) is 4.78. The first-order valence-electron chi connectivity index (χ1n) is 7.51. The molecule has 0 bridgehead atoms. The Bertz CT molecular complexity index is 234. The number of aliphatic hydroxyl groups excluding tert-OH is 1. The monoisotopic (exact) mass is 240 g/mol. The molecule has 1 N–H and O–H groups in total. The third kappa shape index (κ3) is 3.24. The lowest BCUT2D eigenvalue weighted by Gasteiger charge is -2.52. The van der Waals surface area contributed by atoms with Crippen LogP contribution >= 0.6 is 0 Å². The first-order chi connectivity index (χ1) is 7.83. The summed E-state index contributed by atoms with van der Waals surface area (Å²) in [5, 5.41) is 9.65. The van der Waals surface area contributed by atoms with Crippen LogP contribution in [0.15, 0.2) is 0 Å². The van der Waals surface area contributed by atoms with Crippen LogP contribution in [0, 0.1) is 16.7 Å². The Morgan fingerprint density at radius 2 is 1.94 bits per heavy atom. The lowest BCUT2D eigenvalue weighted by atomic mass is 9.53. The third-order valence-electron chi connectivity index (χ3n) is 5.89. The van der Waals surface area contributed by atoms with Crippen LogP contribution in [0.4, 0.5) is 0 Å². The maximum absolute atomic E-state index is 9.65. The zero-order valence-electron chi connectivity index (χ0n) is 12.6. The van der Waals surface area contributed by atoms with Gasteiger partial charge in [-0.1, -0.05) is 53.9 Å². The highest BCUT2D eigenvalue weighted by molar-refractivity contribution is 4.95. The molecule has 102 valence electrons. The summed E-state index contributed by atoms with van der Waals surface area (Å²) < 4.78 is 0. The van der Waals surface area contributed by atoms with Gasteiger partial charge in [-0.2, -0.15) is 0 Å². The topological polar surface area (TPSA) is 20.2 Å². The van der Waals surface area contributed by atoms with Gasteiger partial charge < -0.3 is 5.11 Å². The lowest BCUT2D eigenvalue weighted by molar-refractivity contribution is -0.0258. The van der Waals surface area contributed by atoms with E-state index in [1.807, 2.05) is 0 Å². The second kappa shape index (κ2) is 5.73. The Balaban J connectivity index is 2.54. The van der Waals surface area contributed by atoms with Crippen LogP contribution in [0.25, 0.3) is 0 Å².